The van der Waals surface area contributed by atoms with Crippen LogP contribution in [0, 0.1) is 11.3 Å². The summed E-state index contributed by atoms with van der Waals surface area (Å²) >= 11 is 3.44. The van der Waals surface area contributed by atoms with Crippen molar-refractivity contribution in [1.82, 2.24) is 9.97 Å². The van der Waals surface area contributed by atoms with Gasteiger partial charge in [0.05, 0.1) is 34.8 Å². The van der Waals surface area contributed by atoms with Crippen LogP contribution in [-0.4, -0.2) is 36.3 Å². The number of halogens is 1. The molecule has 2 aromatic carbocycles. The fraction of sp³-hybridized carbons (Fsp3) is 0.190. The van der Waals surface area contributed by atoms with Crippen molar-refractivity contribution in [2.24, 2.45) is 0 Å². The molecule has 0 aliphatic rings. The summed E-state index contributed by atoms with van der Waals surface area (Å²) in [5.74, 6) is 0.810. The molecule has 3 aromatic rings. The second-order valence-electron chi connectivity index (χ2n) is 5.90. The zero-order chi connectivity index (χ0) is 20.8. The standard InChI is InChI=1S/C21H18BrN3O4/c1-3-28-18-10-13(9-15(22)20(18)29-12-19(26)27-2)8-14(11-23)21-24-16-6-4-5-7-17(16)25-21/h4-10H,3,12H2,1-2H3,(H,24,25)/b14-8+. The van der Waals surface area contributed by atoms with E-state index in [0.717, 1.165) is 11.0 Å². The van der Waals surface area contributed by atoms with Crippen LogP contribution in [-0.2, 0) is 9.53 Å². The van der Waals surface area contributed by atoms with E-state index >= 15 is 0 Å². The number of rotatable bonds is 7. The van der Waals surface area contributed by atoms with Crippen LogP contribution in [0.4, 0.5) is 0 Å². The largest absolute Gasteiger partial charge is 0.490 e. The van der Waals surface area contributed by atoms with Crippen LogP contribution in [0.1, 0.15) is 18.3 Å². The van der Waals surface area contributed by atoms with Gasteiger partial charge in [-0.25, -0.2) is 9.78 Å². The number of ether oxygens (including phenoxy) is 3. The van der Waals surface area contributed by atoms with E-state index in [-0.39, 0.29) is 6.61 Å². The lowest BCUT2D eigenvalue weighted by molar-refractivity contribution is -0.142. The minimum Gasteiger partial charge on any atom is -0.490 e. The topological polar surface area (TPSA) is 97.2 Å². The molecule has 0 saturated heterocycles. The summed E-state index contributed by atoms with van der Waals surface area (Å²) in [5, 5.41) is 9.64. The number of benzene rings is 2. The number of para-hydroxylation sites is 2. The third-order valence-corrected chi connectivity index (χ3v) is 4.56. The summed E-state index contributed by atoms with van der Waals surface area (Å²) in [6.07, 6.45) is 1.70. The van der Waals surface area contributed by atoms with Crippen molar-refractivity contribution >= 4 is 44.6 Å². The monoisotopic (exact) mass is 455 g/mol. The molecule has 1 aromatic heterocycles. The minimum atomic E-state index is -0.500. The maximum atomic E-state index is 11.4. The molecule has 0 aliphatic carbocycles. The second-order valence-corrected chi connectivity index (χ2v) is 6.75. The van der Waals surface area contributed by atoms with Crippen LogP contribution >= 0.6 is 15.9 Å². The fourth-order valence-corrected chi connectivity index (χ4v) is 3.24. The molecule has 0 bridgehead atoms. The Morgan fingerprint density at radius 3 is 2.79 bits per heavy atom. The van der Waals surface area contributed by atoms with E-state index < -0.39 is 5.97 Å². The van der Waals surface area contributed by atoms with Crippen molar-refractivity contribution in [3.05, 3.63) is 52.3 Å². The number of aromatic nitrogens is 2. The number of aromatic amines is 1. The smallest absolute Gasteiger partial charge is 0.343 e. The Labute approximate surface area is 176 Å². The molecule has 0 saturated carbocycles. The van der Waals surface area contributed by atoms with Gasteiger partial charge in [-0.3, -0.25) is 0 Å². The van der Waals surface area contributed by atoms with Crippen LogP contribution in [0.15, 0.2) is 40.9 Å². The van der Waals surface area contributed by atoms with Crippen molar-refractivity contribution in [2.45, 2.75) is 6.92 Å². The molecule has 0 radical (unpaired) electrons. The summed E-state index contributed by atoms with van der Waals surface area (Å²) in [4.78, 5) is 19.0. The van der Waals surface area contributed by atoms with Crippen LogP contribution in [0.3, 0.4) is 0 Å². The lowest BCUT2D eigenvalue weighted by atomic mass is 10.1. The number of hydrogen-bond acceptors (Lipinski definition) is 6. The molecule has 148 valence electrons. The van der Waals surface area contributed by atoms with Gasteiger partial charge in [0.25, 0.3) is 0 Å². The molecule has 1 N–H and O–H groups in total. The summed E-state index contributed by atoms with van der Waals surface area (Å²) in [6.45, 7) is 2.01. The van der Waals surface area contributed by atoms with Crippen molar-refractivity contribution < 1.29 is 19.0 Å². The van der Waals surface area contributed by atoms with Gasteiger partial charge in [-0.15, -0.1) is 0 Å². The van der Waals surface area contributed by atoms with Crippen molar-refractivity contribution in [3.8, 4) is 17.6 Å². The Hall–Kier alpha value is -3.31. The summed E-state index contributed by atoms with van der Waals surface area (Å²) < 4.78 is 16.4. The zero-order valence-electron chi connectivity index (χ0n) is 15.9. The first kappa shape index (κ1) is 20.4. The number of esters is 1. The number of nitrogens with zero attached hydrogens (tertiary/aromatic N) is 2. The van der Waals surface area contributed by atoms with E-state index in [1.165, 1.54) is 7.11 Å². The van der Waals surface area contributed by atoms with Crippen LogP contribution < -0.4 is 9.47 Å². The molecule has 7 nitrogen and oxygen atoms in total. The molecule has 0 aliphatic heterocycles. The normalized spacial score (nSPS) is 11.2. The van der Waals surface area contributed by atoms with E-state index in [0.29, 0.717) is 39.5 Å². The van der Waals surface area contributed by atoms with E-state index in [1.54, 1.807) is 18.2 Å². The number of nitrogens with one attached hydrogen (secondary N) is 1. The van der Waals surface area contributed by atoms with E-state index in [1.807, 2.05) is 31.2 Å². The van der Waals surface area contributed by atoms with Gasteiger partial charge in [0.15, 0.2) is 18.1 Å². The molecule has 29 heavy (non-hydrogen) atoms. The molecular weight excluding hydrogens is 438 g/mol. The van der Waals surface area contributed by atoms with Crippen molar-refractivity contribution in [3.63, 3.8) is 0 Å². The van der Waals surface area contributed by atoms with Crippen LogP contribution in [0.25, 0.3) is 22.7 Å². The average molecular weight is 456 g/mol. The number of hydrogen-bond donors (Lipinski definition) is 1. The highest BCUT2D eigenvalue weighted by Gasteiger charge is 2.15. The number of allylic oxidation sites excluding steroid dienone is 1. The van der Waals surface area contributed by atoms with Gasteiger partial charge in [-0.1, -0.05) is 12.1 Å². The molecule has 0 spiro atoms. The van der Waals surface area contributed by atoms with Gasteiger partial charge in [0.2, 0.25) is 0 Å². The van der Waals surface area contributed by atoms with Crippen LogP contribution in [0.2, 0.25) is 0 Å². The average Bonchev–Trinajstić information content (AvgIpc) is 3.15. The molecule has 0 unspecified atom stereocenters. The summed E-state index contributed by atoms with van der Waals surface area (Å²) in [5.41, 5.74) is 2.72. The lowest BCUT2D eigenvalue weighted by Crippen LogP contribution is -2.13. The van der Waals surface area contributed by atoms with Gasteiger partial charge in [0.1, 0.15) is 11.9 Å². The van der Waals surface area contributed by atoms with Gasteiger partial charge in [0, 0.05) is 0 Å². The third-order valence-electron chi connectivity index (χ3n) is 3.97. The van der Waals surface area contributed by atoms with Crippen LogP contribution in [0.5, 0.6) is 11.5 Å². The SMILES string of the molecule is CCOc1cc(/C=C(\C#N)c2nc3ccccc3[nH]2)cc(Br)c1OCC(=O)OC. The molecule has 0 atom stereocenters. The number of H-pyrrole nitrogens is 1. The Morgan fingerprint density at radius 1 is 1.31 bits per heavy atom. The van der Waals surface area contributed by atoms with Crippen molar-refractivity contribution in [2.75, 3.05) is 20.3 Å². The number of carbonyl (C=O) groups is 1. The lowest BCUT2D eigenvalue weighted by Gasteiger charge is -2.14. The first-order valence-corrected chi connectivity index (χ1v) is 9.57. The maximum absolute atomic E-state index is 11.4. The van der Waals surface area contributed by atoms with Gasteiger partial charge in [-0.05, 0) is 58.8 Å². The Bertz CT molecular complexity index is 1080. The second kappa shape index (κ2) is 9.26. The predicted molar refractivity (Wildman–Crippen MR) is 112 cm³/mol. The van der Waals surface area contributed by atoms with Gasteiger partial charge in [-0.2, -0.15) is 5.26 Å². The van der Waals surface area contributed by atoms with E-state index in [4.69, 9.17) is 9.47 Å². The Morgan fingerprint density at radius 2 is 2.10 bits per heavy atom. The first-order chi connectivity index (χ1) is 14.0. The minimum absolute atomic E-state index is 0.243. The van der Waals surface area contributed by atoms with Gasteiger partial charge < -0.3 is 19.2 Å². The van der Waals surface area contributed by atoms with Crippen molar-refractivity contribution in [1.29, 1.82) is 5.26 Å². The third kappa shape index (κ3) is 4.76. The summed E-state index contributed by atoms with van der Waals surface area (Å²) in [6, 6.07) is 13.3. The highest BCUT2D eigenvalue weighted by molar-refractivity contribution is 9.10. The molecular formula is C21H18BrN3O4. The number of carbonyl (C=O) groups excluding carboxylic acids is 1. The number of methoxy groups -OCH3 is 1. The van der Waals surface area contributed by atoms with Gasteiger partial charge >= 0.3 is 5.97 Å². The molecule has 1 heterocycles. The Kier molecular flexibility index (Phi) is 6.52. The quantitative estimate of drug-likeness (QED) is 0.420. The maximum Gasteiger partial charge on any atom is 0.343 e. The fourth-order valence-electron chi connectivity index (χ4n) is 2.66. The molecule has 0 amide bonds. The van der Waals surface area contributed by atoms with E-state index in [9.17, 15) is 10.1 Å². The molecule has 0 fully saturated rings. The summed E-state index contributed by atoms with van der Waals surface area (Å²) in [7, 11) is 1.29. The highest BCUT2D eigenvalue weighted by Crippen LogP contribution is 2.38. The Balaban J connectivity index is 1.98. The highest BCUT2D eigenvalue weighted by atomic mass is 79.9. The predicted octanol–water partition coefficient (Wildman–Crippen LogP) is 4.34. The van der Waals surface area contributed by atoms with E-state index in [2.05, 4.69) is 36.7 Å². The number of nitriles is 1. The number of fused-ring (bicyclic) bond motifs is 1. The number of imidazole rings is 1. The molecule has 8 heteroatoms. The zero-order valence-corrected chi connectivity index (χ0v) is 17.4. The first-order valence-electron chi connectivity index (χ1n) is 8.78. The molecule has 3 rings (SSSR count).